The Morgan fingerprint density at radius 2 is 1.03 bits per heavy atom. The van der Waals surface area contributed by atoms with Crippen molar-refractivity contribution in [1.82, 2.24) is 5.32 Å². The van der Waals surface area contributed by atoms with Gasteiger partial charge in [-0.3, -0.25) is 9.59 Å². The molecule has 0 rings (SSSR count). The van der Waals surface area contributed by atoms with Crippen LogP contribution in [0.4, 0.5) is 0 Å². The Morgan fingerprint density at radius 1 is 0.552 bits per heavy atom. The number of aliphatic hydroxyl groups is 2. The fourth-order valence-corrected chi connectivity index (χ4v) is 6.45. The van der Waals surface area contributed by atoms with E-state index in [9.17, 15) is 19.8 Å². The summed E-state index contributed by atoms with van der Waals surface area (Å²) >= 11 is 0. The first-order valence-corrected chi connectivity index (χ1v) is 23.5. The van der Waals surface area contributed by atoms with Crippen molar-refractivity contribution < 1.29 is 24.5 Å². The van der Waals surface area contributed by atoms with Gasteiger partial charge in [0.15, 0.2) is 0 Å². The molecule has 0 aliphatic carbocycles. The molecule has 0 fully saturated rings. The minimum Gasteiger partial charge on any atom is -0.458 e. The molecule has 0 aliphatic rings. The zero-order chi connectivity index (χ0) is 42.4. The van der Waals surface area contributed by atoms with Crippen LogP contribution in [0.15, 0.2) is 97.2 Å². The van der Waals surface area contributed by atoms with Crippen LogP contribution >= 0.6 is 0 Å². The summed E-state index contributed by atoms with van der Waals surface area (Å²) in [5.41, 5.74) is 0. The first kappa shape index (κ1) is 54.8. The van der Waals surface area contributed by atoms with Crippen LogP contribution in [0.3, 0.4) is 0 Å². The molecule has 0 saturated carbocycles. The maximum atomic E-state index is 13.1. The van der Waals surface area contributed by atoms with Gasteiger partial charge in [0, 0.05) is 6.42 Å². The first-order valence-electron chi connectivity index (χ1n) is 23.5. The Morgan fingerprint density at radius 3 is 1.59 bits per heavy atom. The number of allylic oxidation sites excluding steroid dienone is 15. The van der Waals surface area contributed by atoms with Crippen molar-refractivity contribution in [2.45, 2.75) is 212 Å². The standard InChI is InChI=1S/C52H87NO5/c1-4-7-10-13-16-19-22-25-27-28-31-34-37-40-43-48(58-52(57)45-42-39-36-33-30-26-23-20-17-14-11-8-5-2)46-51(56)53-49(47-54)50(55)44-41-38-35-32-29-24-21-18-15-12-9-6-3/h7-8,10-11,14,16-17,19-20,23,25,27,31,34,40,43,48-50,54-55H,4-6,9,12-13,15,18,21-22,24,26,28-30,32-33,35-39,41-42,44-47H2,1-3H3,(H,53,56)/b10-7+,11-8+,17-14+,19-16+,23-20-,27-25+,34-31+,43-40+. The van der Waals surface area contributed by atoms with E-state index in [2.05, 4.69) is 111 Å². The predicted octanol–water partition coefficient (Wildman–Crippen LogP) is 13.8. The number of hydrogen-bond donors (Lipinski definition) is 3. The number of unbranched alkanes of at least 4 members (excludes halogenated alkanes) is 16. The number of hydrogen-bond acceptors (Lipinski definition) is 5. The van der Waals surface area contributed by atoms with E-state index >= 15 is 0 Å². The molecule has 0 heterocycles. The van der Waals surface area contributed by atoms with Crippen molar-refractivity contribution in [3.63, 3.8) is 0 Å². The maximum absolute atomic E-state index is 13.1. The molecule has 330 valence electrons. The van der Waals surface area contributed by atoms with E-state index in [-0.39, 0.29) is 24.9 Å². The van der Waals surface area contributed by atoms with E-state index in [0.717, 1.165) is 89.9 Å². The van der Waals surface area contributed by atoms with Crippen molar-refractivity contribution in [2.75, 3.05) is 6.61 Å². The molecule has 0 spiro atoms. The number of ether oxygens (including phenoxy) is 1. The molecule has 6 heteroatoms. The topological polar surface area (TPSA) is 95.9 Å². The summed E-state index contributed by atoms with van der Waals surface area (Å²) in [7, 11) is 0. The molecule has 0 aromatic rings. The van der Waals surface area contributed by atoms with Gasteiger partial charge in [-0.05, 0) is 70.3 Å². The molecule has 0 bridgehead atoms. The summed E-state index contributed by atoms with van der Waals surface area (Å²) < 4.78 is 5.79. The molecular formula is C52H87NO5. The second-order valence-corrected chi connectivity index (χ2v) is 15.5. The second-order valence-electron chi connectivity index (χ2n) is 15.5. The Hall–Kier alpha value is -3.22. The molecule has 0 aromatic heterocycles. The minimum atomic E-state index is -0.826. The van der Waals surface area contributed by atoms with E-state index in [0.29, 0.717) is 19.3 Å². The molecule has 0 aliphatic heterocycles. The smallest absolute Gasteiger partial charge is 0.306 e. The summed E-state index contributed by atoms with van der Waals surface area (Å²) in [6.07, 6.45) is 59.2. The van der Waals surface area contributed by atoms with Gasteiger partial charge in [-0.2, -0.15) is 0 Å². The molecular weight excluding hydrogens is 719 g/mol. The molecule has 3 N–H and O–H groups in total. The maximum Gasteiger partial charge on any atom is 0.306 e. The lowest BCUT2D eigenvalue weighted by Crippen LogP contribution is -2.46. The summed E-state index contributed by atoms with van der Waals surface area (Å²) in [4.78, 5) is 26.0. The average Bonchev–Trinajstić information content (AvgIpc) is 3.22. The summed E-state index contributed by atoms with van der Waals surface area (Å²) in [6, 6.07) is -0.750. The summed E-state index contributed by atoms with van der Waals surface area (Å²) in [5, 5.41) is 23.6. The van der Waals surface area contributed by atoms with Crippen molar-refractivity contribution >= 4 is 11.9 Å². The minimum absolute atomic E-state index is 0.0597. The zero-order valence-corrected chi connectivity index (χ0v) is 37.4. The van der Waals surface area contributed by atoms with Gasteiger partial charge in [0.05, 0.1) is 25.2 Å². The average molecular weight is 806 g/mol. The van der Waals surface area contributed by atoms with Crippen LogP contribution in [0.5, 0.6) is 0 Å². The lowest BCUT2D eigenvalue weighted by atomic mass is 10.0. The van der Waals surface area contributed by atoms with Gasteiger partial charge in [-0.15, -0.1) is 0 Å². The summed E-state index contributed by atoms with van der Waals surface area (Å²) in [6.45, 7) is 6.17. The van der Waals surface area contributed by atoms with E-state index < -0.39 is 18.2 Å². The zero-order valence-electron chi connectivity index (χ0n) is 37.4. The highest BCUT2D eigenvalue weighted by Gasteiger charge is 2.23. The normalized spacial score (nSPS) is 14.2. The van der Waals surface area contributed by atoms with Crippen LogP contribution in [0.25, 0.3) is 0 Å². The van der Waals surface area contributed by atoms with Crippen LogP contribution in [-0.4, -0.2) is 46.9 Å². The SMILES string of the molecule is CC/C=C/C=C/C=C\CCCCCCCC(=O)OC(/C=C/C/C=C/C/C=C/C/C=C/C/C=C/CC)CC(=O)NC(CO)C(O)CCCCCCCCCCCCCC. The van der Waals surface area contributed by atoms with Crippen molar-refractivity contribution in [2.24, 2.45) is 0 Å². The van der Waals surface area contributed by atoms with Gasteiger partial charge in [0.2, 0.25) is 5.91 Å². The van der Waals surface area contributed by atoms with Gasteiger partial charge in [-0.25, -0.2) is 0 Å². The molecule has 3 unspecified atom stereocenters. The van der Waals surface area contributed by atoms with E-state index in [1.54, 1.807) is 6.08 Å². The van der Waals surface area contributed by atoms with Gasteiger partial charge >= 0.3 is 5.97 Å². The van der Waals surface area contributed by atoms with Crippen molar-refractivity contribution in [3.8, 4) is 0 Å². The van der Waals surface area contributed by atoms with Crippen LogP contribution in [0, 0.1) is 0 Å². The quantitative estimate of drug-likeness (QED) is 0.0248. The van der Waals surface area contributed by atoms with Crippen molar-refractivity contribution in [3.05, 3.63) is 97.2 Å². The number of rotatable bonds is 40. The number of amides is 1. The third-order valence-electron chi connectivity index (χ3n) is 9.97. The number of carbonyl (C=O) groups is 2. The summed E-state index contributed by atoms with van der Waals surface area (Å²) in [5.74, 6) is -0.663. The Kier molecular flexibility index (Phi) is 42.4. The molecule has 0 saturated heterocycles. The van der Waals surface area contributed by atoms with E-state index in [4.69, 9.17) is 4.74 Å². The molecule has 1 amide bonds. The highest BCUT2D eigenvalue weighted by molar-refractivity contribution is 5.78. The Balaban J connectivity index is 4.82. The number of aliphatic hydroxyl groups excluding tert-OH is 2. The number of esters is 1. The lowest BCUT2D eigenvalue weighted by Gasteiger charge is -2.23. The van der Waals surface area contributed by atoms with Gasteiger partial charge in [0.25, 0.3) is 0 Å². The Bertz CT molecular complexity index is 1180. The van der Waals surface area contributed by atoms with Crippen LogP contribution in [0.2, 0.25) is 0 Å². The predicted molar refractivity (Wildman–Crippen MR) is 250 cm³/mol. The Labute approximate surface area is 356 Å². The van der Waals surface area contributed by atoms with E-state index in [1.807, 2.05) is 6.08 Å². The number of nitrogens with one attached hydrogen (secondary N) is 1. The lowest BCUT2D eigenvalue weighted by molar-refractivity contribution is -0.148. The van der Waals surface area contributed by atoms with E-state index in [1.165, 1.54) is 57.8 Å². The molecule has 0 radical (unpaired) electrons. The number of carbonyl (C=O) groups excluding carboxylic acids is 2. The molecule has 6 nitrogen and oxygen atoms in total. The highest BCUT2D eigenvalue weighted by atomic mass is 16.5. The largest absolute Gasteiger partial charge is 0.458 e. The van der Waals surface area contributed by atoms with Crippen LogP contribution in [0.1, 0.15) is 194 Å². The van der Waals surface area contributed by atoms with Crippen LogP contribution < -0.4 is 5.32 Å². The van der Waals surface area contributed by atoms with Crippen molar-refractivity contribution in [1.29, 1.82) is 0 Å². The van der Waals surface area contributed by atoms with Gasteiger partial charge in [0.1, 0.15) is 6.10 Å². The first-order chi connectivity index (χ1) is 28.5. The molecule has 3 atom stereocenters. The monoisotopic (exact) mass is 806 g/mol. The molecule has 58 heavy (non-hydrogen) atoms. The van der Waals surface area contributed by atoms with Crippen LogP contribution in [-0.2, 0) is 14.3 Å². The van der Waals surface area contributed by atoms with Gasteiger partial charge < -0.3 is 20.3 Å². The fourth-order valence-electron chi connectivity index (χ4n) is 6.45. The third-order valence-corrected chi connectivity index (χ3v) is 9.97. The third kappa shape index (κ3) is 39.6. The highest BCUT2D eigenvalue weighted by Crippen LogP contribution is 2.15. The molecule has 0 aromatic carbocycles. The second kappa shape index (κ2) is 44.9. The van der Waals surface area contributed by atoms with Gasteiger partial charge in [-0.1, -0.05) is 208 Å². The fraction of sp³-hybridized carbons (Fsp3) is 0.654.